The van der Waals surface area contributed by atoms with Gasteiger partial charge in [-0.1, -0.05) is 55.4 Å². The number of ketones is 1. The summed E-state index contributed by atoms with van der Waals surface area (Å²) in [5.74, 6) is -0.0589. The minimum absolute atomic E-state index is 0.0589. The molecular weight excluding hydrogens is 212 g/mol. The molecule has 1 atom stereocenters. The summed E-state index contributed by atoms with van der Waals surface area (Å²) in [5, 5.41) is 10.2. The molecule has 0 radical (unpaired) electrons. The molecule has 0 saturated carbocycles. The molecule has 0 saturated heterocycles. The van der Waals surface area contributed by atoms with E-state index >= 15 is 0 Å². The zero-order chi connectivity index (χ0) is 14.1. The lowest BCUT2D eigenvalue weighted by atomic mass is 9.72. The lowest BCUT2D eigenvalue weighted by Crippen LogP contribution is -2.42. The number of aliphatic hydroxyl groups is 1. The first-order valence-corrected chi connectivity index (χ1v) is 6.50. The minimum atomic E-state index is -0.871. The van der Waals surface area contributed by atoms with E-state index in [0.29, 0.717) is 0 Å². The summed E-state index contributed by atoms with van der Waals surface area (Å²) in [6.07, 6.45) is 0.999. The maximum Gasteiger partial charge on any atom is 0.167 e. The number of aliphatic hydroxyl groups excluding tert-OH is 1. The third-order valence-corrected chi connectivity index (χ3v) is 3.25. The molecule has 0 fully saturated rings. The predicted octanol–water partition coefficient (Wildman–Crippen LogP) is 3.82. The Morgan fingerprint density at radius 2 is 1.35 bits per heavy atom. The second kappa shape index (κ2) is 5.09. The average molecular weight is 242 g/mol. The molecule has 0 amide bonds. The summed E-state index contributed by atoms with van der Waals surface area (Å²) in [6.45, 7) is 16.1. The van der Waals surface area contributed by atoms with Gasteiger partial charge >= 0.3 is 0 Å². The highest BCUT2D eigenvalue weighted by Crippen LogP contribution is 2.35. The second-order valence-electron chi connectivity index (χ2n) is 8.07. The molecule has 0 aliphatic heterocycles. The lowest BCUT2D eigenvalue weighted by molar-refractivity contribution is -0.141. The van der Waals surface area contributed by atoms with Gasteiger partial charge in [-0.15, -0.1) is 0 Å². The van der Waals surface area contributed by atoms with Crippen molar-refractivity contribution in [2.75, 3.05) is 0 Å². The second-order valence-corrected chi connectivity index (χ2v) is 8.07. The van der Waals surface area contributed by atoms with Crippen molar-refractivity contribution in [1.29, 1.82) is 0 Å². The fourth-order valence-corrected chi connectivity index (χ4v) is 1.60. The highest BCUT2D eigenvalue weighted by atomic mass is 16.3. The normalized spacial score (nSPS) is 15.8. The third-order valence-electron chi connectivity index (χ3n) is 3.25. The quantitative estimate of drug-likeness (QED) is 0.814. The van der Waals surface area contributed by atoms with Gasteiger partial charge in [-0.05, 0) is 23.7 Å². The van der Waals surface area contributed by atoms with Crippen LogP contribution in [0.1, 0.15) is 68.2 Å². The molecule has 0 aromatic rings. The van der Waals surface area contributed by atoms with E-state index in [4.69, 9.17) is 0 Å². The van der Waals surface area contributed by atoms with Crippen LogP contribution in [0.5, 0.6) is 0 Å². The molecule has 0 aromatic carbocycles. The highest BCUT2D eigenvalue weighted by molar-refractivity contribution is 5.88. The molecule has 0 unspecified atom stereocenters. The van der Waals surface area contributed by atoms with Crippen LogP contribution in [0, 0.1) is 16.2 Å². The third kappa shape index (κ3) is 5.67. The summed E-state index contributed by atoms with van der Waals surface area (Å²) < 4.78 is 0. The van der Waals surface area contributed by atoms with Crippen molar-refractivity contribution in [2.45, 2.75) is 74.3 Å². The van der Waals surface area contributed by atoms with Crippen molar-refractivity contribution in [3.63, 3.8) is 0 Å². The van der Waals surface area contributed by atoms with Crippen LogP contribution in [0.25, 0.3) is 0 Å². The number of hydrogen-bond donors (Lipinski definition) is 1. The Hall–Kier alpha value is -0.370. The Morgan fingerprint density at radius 1 is 0.941 bits per heavy atom. The Bertz CT molecular complexity index is 264. The van der Waals surface area contributed by atoms with Gasteiger partial charge in [0, 0.05) is 5.41 Å². The molecule has 0 heterocycles. The summed E-state index contributed by atoms with van der Waals surface area (Å²) in [6, 6.07) is 0. The van der Waals surface area contributed by atoms with Crippen LogP contribution in [0.2, 0.25) is 0 Å². The molecule has 1 N–H and O–H groups in total. The number of rotatable bonds is 4. The topological polar surface area (TPSA) is 37.3 Å². The summed E-state index contributed by atoms with van der Waals surface area (Å²) in [4.78, 5) is 12.1. The van der Waals surface area contributed by atoms with Crippen LogP contribution in [-0.4, -0.2) is 17.0 Å². The van der Waals surface area contributed by atoms with E-state index in [0.717, 1.165) is 12.8 Å². The first-order valence-electron chi connectivity index (χ1n) is 6.50. The van der Waals surface area contributed by atoms with E-state index in [1.54, 1.807) is 0 Å². The fourth-order valence-electron chi connectivity index (χ4n) is 1.60. The molecule has 2 nitrogen and oxygen atoms in total. The number of Topliss-reactive ketones (excluding diaryl/α,β-unsaturated/α-hetero) is 1. The number of carbonyl (C=O) groups is 1. The van der Waals surface area contributed by atoms with Crippen molar-refractivity contribution < 1.29 is 9.90 Å². The largest absolute Gasteiger partial charge is 0.385 e. The molecular formula is C15H30O2. The molecule has 0 rings (SSSR count). The maximum atomic E-state index is 12.1. The number of hydrogen-bond acceptors (Lipinski definition) is 2. The zero-order valence-electron chi connectivity index (χ0n) is 12.8. The van der Waals surface area contributed by atoms with E-state index in [-0.39, 0.29) is 16.6 Å². The van der Waals surface area contributed by atoms with Crippen molar-refractivity contribution in [2.24, 2.45) is 16.2 Å². The fraction of sp³-hybridized carbons (Fsp3) is 0.933. The molecule has 0 bridgehead atoms. The van der Waals surface area contributed by atoms with Gasteiger partial charge in [0.25, 0.3) is 0 Å². The summed E-state index contributed by atoms with van der Waals surface area (Å²) in [5.41, 5.74) is -0.585. The Labute approximate surface area is 107 Å². The lowest BCUT2D eigenvalue weighted by Gasteiger charge is -2.35. The van der Waals surface area contributed by atoms with Gasteiger partial charge in [0.15, 0.2) is 5.78 Å². The monoisotopic (exact) mass is 242 g/mol. The van der Waals surface area contributed by atoms with Crippen molar-refractivity contribution in [3.05, 3.63) is 0 Å². The van der Waals surface area contributed by atoms with Gasteiger partial charge in [0.1, 0.15) is 6.10 Å². The van der Waals surface area contributed by atoms with Crippen LogP contribution in [0.3, 0.4) is 0 Å². The van der Waals surface area contributed by atoms with E-state index in [1.807, 2.05) is 34.6 Å². The van der Waals surface area contributed by atoms with Crippen LogP contribution in [-0.2, 0) is 4.79 Å². The zero-order valence-corrected chi connectivity index (χ0v) is 12.8. The Kier molecular flexibility index (Phi) is 4.98. The first-order chi connectivity index (χ1) is 7.27. The number of carbonyl (C=O) groups excluding carboxylic acids is 1. The van der Waals surface area contributed by atoms with Gasteiger partial charge in [-0.2, -0.15) is 0 Å². The molecule has 102 valence electrons. The van der Waals surface area contributed by atoms with Crippen LogP contribution < -0.4 is 0 Å². The summed E-state index contributed by atoms with van der Waals surface area (Å²) in [7, 11) is 0. The van der Waals surface area contributed by atoms with Gasteiger partial charge < -0.3 is 5.11 Å². The molecule has 2 heteroatoms. The van der Waals surface area contributed by atoms with Gasteiger partial charge in [0.2, 0.25) is 0 Å². The molecule has 17 heavy (non-hydrogen) atoms. The first kappa shape index (κ1) is 16.6. The molecule has 0 aliphatic carbocycles. The Balaban J connectivity index is 4.66. The Morgan fingerprint density at radius 3 is 1.65 bits per heavy atom. The minimum Gasteiger partial charge on any atom is -0.385 e. The maximum absolute atomic E-state index is 12.1. The van der Waals surface area contributed by atoms with Gasteiger partial charge in [0.05, 0.1) is 0 Å². The molecule has 0 aromatic heterocycles. The average Bonchev–Trinajstić information content (AvgIpc) is 2.10. The highest BCUT2D eigenvalue weighted by Gasteiger charge is 2.38. The van der Waals surface area contributed by atoms with Crippen molar-refractivity contribution in [1.82, 2.24) is 0 Å². The van der Waals surface area contributed by atoms with Crippen LogP contribution >= 0.6 is 0 Å². The smallest absolute Gasteiger partial charge is 0.167 e. The van der Waals surface area contributed by atoms with Crippen molar-refractivity contribution in [3.8, 4) is 0 Å². The summed E-state index contributed by atoms with van der Waals surface area (Å²) >= 11 is 0. The van der Waals surface area contributed by atoms with E-state index in [1.165, 1.54) is 0 Å². The van der Waals surface area contributed by atoms with Gasteiger partial charge in [-0.25, -0.2) is 0 Å². The van der Waals surface area contributed by atoms with Crippen LogP contribution in [0.4, 0.5) is 0 Å². The molecule has 0 spiro atoms. The molecule has 0 aliphatic rings. The van der Waals surface area contributed by atoms with E-state index in [9.17, 15) is 9.90 Å². The van der Waals surface area contributed by atoms with E-state index in [2.05, 4.69) is 20.8 Å². The van der Waals surface area contributed by atoms with Crippen molar-refractivity contribution >= 4 is 5.78 Å². The SMILES string of the molecule is CC(C)(C)CCC(C)(C)[C@H](O)C(=O)C(C)(C)C. The van der Waals surface area contributed by atoms with E-state index < -0.39 is 11.5 Å². The van der Waals surface area contributed by atoms with Crippen LogP contribution in [0.15, 0.2) is 0 Å². The standard InChI is InChI=1S/C15H30O2/c1-13(2,3)9-10-15(7,8)12(17)11(16)14(4,5)6/h12,17H,9-10H2,1-8H3/t12-/m1/s1. The predicted molar refractivity (Wildman–Crippen MR) is 72.9 cm³/mol. The van der Waals surface area contributed by atoms with Gasteiger partial charge in [-0.3, -0.25) is 4.79 Å².